The van der Waals surface area contributed by atoms with Gasteiger partial charge in [0.15, 0.2) is 0 Å². The number of aliphatic hydroxyl groups is 1. The molecule has 2 aromatic rings. The third kappa shape index (κ3) is 2.72. The quantitative estimate of drug-likeness (QED) is 0.715. The lowest BCUT2D eigenvalue weighted by Gasteiger charge is -2.46. The minimum atomic E-state index is -1.10. The number of carbonyl (C=O) groups excluding carboxylic acids is 1. The van der Waals surface area contributed by atoms with Crippen LogP contribution >= 0.6 is 11.8 Å². The summed E-state index contributed by atoms with van der Waals surface area (Å²) in [6.07, 6.45) is 6.88. The molecule has 0 aromatic carbocycles. The molecule has 2 aromatic heterocycles. The first-order valence-electron chi connectivity index (χ1n) is 8.78. The zero-order chi connectivity index (χ0) is 19.3. The number of hydrogen-bond acceptors (Lipinski definition) is 6. The van der Waals surface area contributed by atoms with Gasteiger partial charge in [-0.3, -0.25) is 9.78 Å². The fourth-order valence-electron chi connectivity index (χ4n) is 4.06. The number of carbonyl (C=O) groups is 2. The van der Waals surface area contributed by atoms with Crippen molar-refractivity contribution in [3.8, 4) is 0 Å². The number of thioether (sulfide) groups is 1. The summed E-state index contributed by atoms with van der Waals surface area (Å²) in [7, 11) is 0. The summed E-state index contributed by atoms with van der Waals surface area (Å²) in [5, 5.41) is 19.5. The Labute approximate surface area is 159 Å². The predicted octanol–water partition coefficient (Wildman–Crippen LogP) is 1.16. The van der Waals surface area contributed by atoms with Gasteiger partial charge in [0.05, 0.1) is 41.8 Å². The number of aliphatic hydroxyl groups excluding tert-OH is 1. The molecule has 4 rings (SSSR count). The molecular weight excluding hydrogens is 368 g/mol. The molecule has 0 saturated carbocycles. The van der Waals surface area contributed by atoms with E-state index in [9.17, 15) is 19.8 Å². The van der Waals surface area contributed by atoms with Crippen LogP contribution in [0.2, 0.25) is 0 Å². The highest BCUT2D eigenvalue weighted by Crippen LogP contribution is 2.50. The third-order valence-corrected chi connectivity index (χ3v) is 6.61. The standard InChI is InChI=1S/C18H20N4O4S/c1-9-14-13(10(2)23)17(24)22(14)15(18(25)26)16(9)27-6-3-11-12-7-19-4-5-21(12)8-20-11/h4-5,7-10,13-14,23H,3,6H2,1-2H3,(H,25,26)/t9-,10-,13-,14-/m1/s1. The zero-order valence-corrected chi connectivity index (χ0v) is 15.8. The average Bonchev–Trinajstić information content (AvgIpc) is 3.13. The van der Waals surface area contributed by atoms with Gasteiger partial charge in [-0.25, -0.2) is 9.78 Å². The van der Waals surface area contributed by atoms with Crippen LogP contribution in [-0.4, -0.2) is 59.3 Å². The first kappa shape index (κ1) is 18.0. The van der Waals surface area contributed by atoms with Crippen LogP contribution in [0.25, 0.3) is 5.52 Å². The monoisotopic (exact) mass is 388 g/mol. The fourth-order valence-corrected chi connectivity index (χ4v) is 5.30. The summed E-state index contributed by atoms with van der Waals surface area (Å²) in [6, 6.07) is -0.274. The highest BCUT2D eigenvalue weighted by molar-refractivity contribution is 8.03. The van der Waals surface area contributed by atoms with Crippen LogP contribution in [0.4, 0.5) is 0 Å². The summed E-state index contributed by atoms with van der Waals surface area (Å²) in [5.74, 6) is -1.40. The molecule has 4 atom stereocenters. The number of hydrogen-bond donors (Lipinski definition) is 2. The number of carboxylic acids is 1. The van der Waals surface area contributed by atoms with Crippen LogP contribution in [0.1, 0.15) is 19.5 Å². The van der Waals surface area contributed by atoms with Gasteiger partial charge in [-0.1, -0.05) is 6.92 Å². The molecule has 1 amide bonds. The van der Waals surface area contributed by atoms with E-state index in [-0.39, 0.29) is 23.6 Å². The lowest BCUT2D eigenvalue weighted by molar-refractivity contribution is -0.163. The number of aryl methyl sites for hydroxylation is 1. The van der Waals surface area contributed by atoms with Crippen molar-refractivity contribution in [2.45, 2.75) is 32.4 Å². The van der Waals surface area contributed by atoms with Crippen LogP contribution in [0.15, 0.2) is 35.5 Å². The van der Waals surface area contributed by atoms with E-state index in [0.29, 0.717) is 17.1 Å². The molecule has 1 fully saturated rings. The Morgan fingerprint density at radius 3 is 2.93 bits per heavy atom. The van der Waals surface area contributed by atoms with Crippen molar-refractivity contribution in [1.82, 2.24) is 19.3 Å². The molecule has 0 bridgehead atoms. The van der Waals surface area contributed by atoms with Gasteiger partial charge in [-0.2, -0.15) is 0 Å². The Morgan fingerprint density at radius 1 is 1.44 bits per heavy atom. The normalized spacial score (nSPS) is 25.7. The Kier molecular flexibility index (Phi) is 4.43. The number of rotatable bonds is 6. The summed E-state index contributed by atoms with van der Waals surface area (Å²) in [4.78, 5) is 34.7. The molecule has 8 nitrogen and oxygen atoms in total. The van der Waals surface area contributed by atoms with E-state index in [1.54, 1.807) is 25.6 Å². The molecule has 27 heavy (non-hydrogen) atoms. The molecule has 2 N–H and O–H groups in total. The van der Waals surface area contributed by atoms with Gasteiger partial charge in [0.25, 0.3) is 0 Å². The largest absolute Gasteiger partial charge is 0.477 e. The van der Waals surface area contributed by atoms with E-state index >= 15 is 0 Å². The molecule has 0 spiro atoms. The van der Waals surface area contributed by atoms with Gasteiger partial charge in [-0.15, -0.1) is 11.8 Å². The molecule has 0 unspecified atom stereocenters. The van der Waals surface area contributed by atoms with Crippen molar-refractivity contribution in [3.63, 3.8) is 0 Å². The van der Waals surface area contributed by atoms with Crippen molar-refractivity contribution in [3.05, 3.63) is 41.2 Å². The second kappa shape index (κ2) is 6.65. The van der Waals surface area contributed by atoms with Crippen molar-refractivity contribution >= 4 is 29.2 Å². The second-order valence-corrected chi connectivity index (χ2v) is 8.07. The van der Waals surface area contributed by atoms with Crippen LogP contribution in [0, 0.1) is 11.8 Å². The number of β-lactam (4-membered cyclic amide) rings is 1. The molecule has 4 heterocycles. The minimum absolute atomic E-state index is 0.0655. The predicted molar refractivity (Wildman–Crippen MR) is 98.8 cm³/mol. The minimum Gasteiger partial charge on any atom is -0.477 e. The lowest BCUT2D eigenvalue weighted by atomic mass is 9.79. The first-order chi connectivity index (χ1) is 12.9. The Hall–Kier alpha value is -2.39. The number of nitrogens with zero attached hydrogens (tertiary/aromatic N) is 4. The number of aliphatic carboxylic acids is 1. The van der Waals surface area contributed by atoms with Gasteiger partial charge in [0.2, 0.25) is 5.91 Å². The Morgan fingerprint density at radius 2 is 2.22 bits per heavy atom. The number of amides is 1. The molecule has 142 valence electrons. The molecule has 0 aliphatic carbocycles. The van der Waals surface area contributed by atoms with E-state index in [4.69, 9.17) is 0 Å². The SMILES string of the molecule is C[C@@H](O)[C@H]1C(=O)N2C(C(=O)O)=C(SCCc3ncn4ccncc34)[C@H](C)[C@H]12. The Balaban J connectivity index is 1.52. The molecule has 1 saturated heterocycles. The van der Waals surface area contributed by atoms with Crippen LogP contribution < -0.4 is 0 Å². The topological polar surface area (TPSA) is 108 Å². The van der Waals surface area contributed by atoms with Gasteiger partial charge in [0.1, 0.15) is 5.70 Å². The second-order valence-electron chi connectivity index (χ2n) is 6.93. The van der Waals surface area contributed by atoms with Gasteiger partial charge < -0.3 is 19.5 Å². The molecule has 9 heteroatoms. The van der Waals surface area contributed by atoms with Crippen LogP contribution in [0.5, 0.6) is 0 Å². The summed E-state index contributed by atoms with van der Waals surface area (Å²) in [5.41, 5.74) is 1.90. The van der Waals surface area contributed by atoms with E-state index in [0.717, 1.165) is 11.2 Å². The molecule has 2 aliphatic rings. The summed E-state index contributed by atoms with van der Waals surface area (Å²) < 4.78 is 1.89. The van der Waals surface area contributed by atoms with E-state index < -0.39 is 18.0 Å². The van der Waals surface area contributed by atoms with E-state index in [1.807, 2.05) is 17.5 Å². The summed E-state index contributed by atoms with van der Waals surface area (Å²) in [6.45, 7) is 3.50. The number of aromatic nitrogens is 3. The highest BCUT2D eigenvalue weighted by Gasteiger charge is 2.59. The van der Waals surface area contributed by atoms with Crippen molar-refractivity contribution in [1.29, 1.82) is 0 Å². The van der Waals surface area contributed by atoms with Crippen molar-refractivity contribution in [2.24, 2.45) is 11.8 Å². The Bertz CT molecular complexity index is 954. The highest BCUT2D eigenvalue weighted by atomic mass is 32.2. The number of carboxylic acid groups (broad SMARTS) is 1. The van der Waals surface area contributed by atoms with Crippen LogP contribution in [0.3, 0.4) is 0 Å². The maximum Gasteiger partial charge on any atom is 0.353 e. The summed E-state index contributed by atoms with van der Waals surface area (Å²) >= 11 is 1.45. The number of fused-ring (bicyclic) bond motifs is 2. The fraction of sp³-hybridized carbons (Fsp3) is 0.444. The van der Waals surface area contributed by atoms with Crippen molar-refractivity contribution < 1.29 is 19.8 Å². The lowest BCUT2D eigenvalue weighted by Crippen LogP contribution is -2.63. The third-order valence-electron chi connectivity index (χ3n) is 5.33. The number of imidazole rings is 1. The van der Waals surface area contributed by atoms with Gasteiger partial charge >= 0.3 is 5.97 Å². The van der Waals surface area contributed by atoms with Crippen LogP contribution in [-0.2, 0) is 16.0 Å². The zero-order valence-electron chi connectivity index (χ0n) is 14.9. The maximum absolute atomic E-state index is 12.3. The van der Waals surface area contributed by atoms with E-state index in [1.165, 1.54) is 16.7 Å². The average molecular weight is 388 g/mol. The van der Waals surface area contributed by atoms with Gasteiger partial charge in [0, 0.05) is 35.4 Å². The van der Waals surface area contributed by atoms with Gasteiger partial charge in [-0.05, 0) is 6.92 Å². The molecule has 0 radical (unpaired) electrons. The molecular formula is C18H20N4O4S. The van der Waals surface area contributed by atoms with E-state index in [2.05, 4.69) is 9.97 Å². The smallest absolute Gasteiger partial charge is 0.353 e. The first-order valence-corrected chi connectivity index (χ1v) is 9.77. The maximum atomic E-state index is 12.3. The van der Waals surface area contributed by atoms with Crippen molar-refractivity contribution in [2.75, 3.05) is 5.75 Å². The molecule has 2 aliphatic heterocycles.